The van der Waals surface area contributed by atoms with Crippen molar-refractivity contribution in [1.29, 1.82) is 0 Å². The van der Waals surface area contributed by atoms with Gasteiger partial charge in [-0.1, -0.05) is 31.2 Å². The third kappa shape index (κ3) is 4.43. The first-order chi connectivity index (χ1) is 16.8. The van der Waals surface area contributed by atoms with Gasteiger partial charge in [0.15, 0.2) is 6.10 Å². The Morgan fingerprint density at radius 2 is 1.83 bits per heavy atom. The number of nitrogens with zero attached hydrogens (tertiary/aromatic N) is 2. The predicted octanol–water partition coefficient (Wildman–Crippen LogP) is 3.09. The first kappa shape index (κ1) is 23.8. The summed E-state index contributed by atoms with van der Waals surface area (Å²) in [4.78, 5) is 27.4. The molecule has 0 saturated carbocycles. The number of fused-ring (bicyclic) bond motifs is 2. The average molecular weight is 498 g/mol. The van der Waals surface area contributed by atoms with E-state index in [1.54, 1.807) is 13.0 Å². The van der Waals surface area contributed by atoms with E-state index in [9.17, 15) is 18.0 Å². The minimum absolute atomic E-state index is 0.122. The van der Waals surface area contributed by atoms with E-state index in [4.69, 9.17) is 4.74 Å². The molecule has 1 atom stereocenters. The van der Waals surface area contributed by atoms with Crippen LogP contribution in [0.4, 0.5) is 5.69 Å². The second kappa shape index (κ2) is 9.28. The van der Waals surface area contributed by atoms with E-state index in [0.29, 0.717) is 62.4 Å². The van der Waals surface area contributed by atoms with Gasteiger partial charge in [-0.25, -0.2) is 8.42 Å². The van der Waals surface area contributed by atoms with Crippen molar-refractivity contribution in [3.05, 3.63) is 53.1 Å². The Hall–Kier alpha value is -2.91. The molecule has 0 radical (unpaired) electrons. The highest BCUT2D eigenvalue weighted by atomic mass is 32.2. The van der Waals surface area contributed by atoms with Crippen LogP contribution in [0.3, 0.4) is 0 Å². The van der Waals surface area contributed by atoms with Gasteiger partial charge < -0.3 is 15.0 Å². The number of hydrogen-bond acceptors (Lipinski definition) is 5. The number of piperidine rings is 1. The molecule has 1 saturated heterocycles. The number of sulfonamides is 1. The molecule has 8 nitrogen and oxygen atoms in total. The van der Waals surface area contributed by atoms with Crippen molar-refractivity contribution in [2.75, 3.05) is 25.0 Å². The number of ether oxygens (including phenoxy) is 1. The fourth-order valence-electron chi connectivity index (χ4n) is 5.26. The average Bonchev–Trinajstić information content (AvgIpc) is 2.87. The maximum Gasteiger partial charge on any atom is 0.265 e. The minimum Gasteiger partial charge on any atom is -0.478 e. The lowest BCUT2D eigenvalue weighted by Gasteiger charge is -2.36. The number of benzene rings is 2. The molecule has 2 aromatic rings. The number of aryl methyl sites for hydroxylation is 1. The fraction of sp³-hybridized carbons (Fsp3) is 0.462. The van der Waals surface area contributed by atoms with Crippen LogP contribution in [0.1, 0.15) is 42.9 Å². The highest BCUT2D eigenvalue weighted by Crippen LogP contribution is 2.37. The molecule has 3 aliphatic rings. The Balaban J connectivity index is 1.27. The van der Waals surface area contributed by atoms with E-state index in [1.807, 2.05) is 24.0 Å². The van der Waals surface area contributed by atoms with Gasteiger partial charge in [0.25, 0.3) is 5.91 Å². The molecule has 3 aliphatic heterocycles. The van der Waals surface area contributed by atoms with Crippen LogP contribution in [0.2, 0.25) is 0 Å². The van der Waals surface area contributed by atoms with Gasteiger partial charge in [0.05, 0.1) is 10.6 Å². The minimum atomic E-state index is -3.76. The van der Waals surface area contributed by atoms with Crippen LogP contribution >= 0.6 is 0 Å². The van der Waals surface area contributed by atoms with Crippen LogP contribution in [-0.2, 0) is 32.6 Å². The molecule has 186 valence electrons. The Morgan fingerprint density at radius 1 is 1.11 bits per heavy atom. The molecule has 0 unspecified atom stereocenters. The number of hydrogen-bond donors (Lipinski definition) is 1. The smallest absolute Gasteiger partial charge is 0.265 e. The van der Waals surface area contributed by atoms with Crippen LogP contribution in [0.25, 0.3) is 0 Å². The van der Waals surface area contributed by atoms with Gasteiger partial charge in [0.1, 0.15) is 5.75 Å². The summed E-state index contributed by atoms with van der Waals surface area (Å²) in [6, 6.07) is 11.4. The van der Waals surface area contributed by atoms with Gasteiger partial charge in [0.2, 0.25) is 15.9 Å². The van der Waals surface area contributed by atoms with Gasteiger partial charge in [-0.2, -0.15) is 4.31 Å². The normalized spacial score (nSPS) is 21.0. The zero-order chi connectivity index (χ0) is 24.7. The van der Waals surface area contributed by atoms with Crippen molar-refractivity contribution in [1.82, 2.24) is 9.21 Å². The Morgan fingerprint density at radius 3 is 2.54 bits per heavy atom. The van der Waals surface area contributed by atoms with Gasteiger partial charge in [-0.15, -0.1) is 0 Å². The second-order valence-electron chi connectivity index (χ2n) is 9.57. The Labute approximate surface area is 206 Å². The molecular weight excluding hydrogens is 466 g/mol. The Bertz CT molecular complexity index is 1270. The van der Waals surface area contributed by atoms with E-state index in [-0.39, 0.29) is 22.6 Å². The number of amides is 2. The van der Waals surface area contributed by atoms with Gasteiger partial charge >= 0.3 is 0 Å². The lowest BCUT2D eigenvalue weighted by Crippen LogP contribution is -2.45. The van der Waals surface area contributed by atoms with Crippen molar-refractivity contribution < 1.29 is 22.7 Å². The third-order valence-electron chi connectivity index (χ3n) is 7.33. The predicted molar refractivity (Wildman–Crippen MR) is 132 cm³/mol. The maximum absolute atomic E-state index is 13.5. The molecule has 0 aromatic heterocycles. The van der Waals surface area contributed by atoms with Gasteiger partial charge in [-0.3, -0.25) is 9.59 Å². The molecule has 5 rings (SSSR count). The van der Waals surface area contributed by atoms with E-state index >= 15 is 0 Å². The van der Waals surface area contributed by atoms with Crippen molar-refractivity contribution in [3.8, 4) is 5.75 Å². The molecule has 1 N–H and O–H groups in total. The molecule has 0 aliphatic carbocycles. The van der Waals surface area contributed by atoms with Gasteiger partial charge in [0, 0.05) is 38.2 Å². The van der Waals surface area contributed by atoms with Crippen LogP contribution in [-0.4, -0.2) is 55.2 Å². The van der Waals surface area contributed by atoms with Crippen LogP contribution in [0, 0.1) is 12.8 Å². The molecule has 2 aromatic carbocycles. The quantitative estimate of drug-likeness (QED) is 0.700. The summed E-state index contributed by atoms with van der Waals surface area (Å²) in [5.41, 5.74) is 3.53. The van der Waals surface area contributed by atoms with Crippen LogP contribution in [0.15, 0.2) is 41.3 Å². The highest BCUT2D eigenvalue weighted by Gasteiger charge is 2.36. The number of anilines is 1. The highest BCUT2D eigenvalue weighted by molar-refractivity contribution is 7.89. The van der Waals surface area contributed by atoms with Crippen LogP contribution in [0.5, 0.6) is 5.75 Å². The van der Waals surface area contributed by atoms with Crippen LogP contribution < -0.4 is 10.1 Å². The molecule has 0 spiro atoms. The molecule has 0 bridgehead atoms. The molecule has 2 amide bonds. The molecule has 9 heteroatoms. The number of nitrogens with one attached hydrogen (secondary N) is 1. The number of rotatable bonds is 4. The fourth-order valence-corrected chi connectivity index (χ4v) is 6.95. The summed E-state index contributed by atoms with van der Waals surface area (Å²) < 4.78 is 34.3. The summed E-state index contributed by atoms with van der Waals surface area (Å²) in [6.07, 6.45) is 1.72. The summed E-state index contributed by atoms with van der Waals surface area (Å²) in [5, 5.41) is 2.80. The third-order valence-corrected chi connectivity index (χ3v) is 9.37. The van der Waals surface area contributed by atoms with E-state index < -0.39 is 16.1 Å². The number of carbonyl (C=O) groups excluding carboxylic acids is 2. The zero-order valence-electron chi connectivity index (χ0n) is 20.1. The molecule has 35 heavy (non-hydrogen) atoms. The summed E-state index contributed by atoms with van der Waals surface area (Å²) in [5.74, 6) is 0.103. The molecule has 3 heterocycles. The van der Waals surface area contributed by atoms with Crippen molar-refractivity contribution in [3.63, 3.8) is 0 Å². The number of carbonyl (C=O) groups is 2. The second-order valence-corrected chi connectivity index (χ2v) is 11.5. The van der Waals surface area contributed by atoms with Crippen molar-refractivity contribution in [2.24, 2.45) is 5.92 Å². The van der Waals surface area contributed by atoms with Crippen molar-refractivity contribution in [2.45, 2.75) is 57.1 Å². The van der Waals surface area contributed by atoms with E-state index in [0.717, 1.165) is 6.42 Å². The topological polar surface area (TPSA) is 96.0 Å². The Kier molecular flexibility index (Phi) is 6.31. The monoisotopic (exact) mass is 497 g/mol. The first-order valence-electron chi connectivity index (χ1n) is 12.3. The lowest BCUT2D eigenvalue weighted by atomic mass is 9.94. The molecule has 1 fully saturated rings. The SMILES string of the molecule is CC[C@H]1Oc2cc(S(=O)(=O)N3CCC(C(=O)N4CCc5ccccc5C4)CC3)c(C)cc2NC1=O. The first-order valence-corrected chi connectivity index (χ1v) is 13.7. The summed E-state index contributed by atoms with van der Waals surface area (Å²) >= 11 is 0. The lowest BCUT2D eigenvalue weighted by molar-refractivity contribution is -0.137. The standard InChI is InChI=1S/C26H31N3O5S/c1-3-22-25(30)27-21-14-17(2)24(15-23(21)34-22)35(32,33)29-12-9-19(10-13-29)26(31)28-11-8-18-6-4-5-7-20(18)16-28/h4-7,14-15,19,22H,3,8-13,16H2,1-2H3,(H,27,30)/t22-/m1/s1. The van der Waals surface area contributed by atoms with Crippen molar-refractivity contribution >= 4 is 27.5 Å². The summed E-state index contributed by atoms with van der Waals surface area (Å²) in [6.45, 7) is 5.49. The molecular formula is C26H31N3O5S. The summed E-state index contributed by atoms with van der Waals surface area (Å²) in [7, 11) is -3.76. The largest absolute Gasteiger partial charge is 0.478 e. The van der Waals surface area contributed by atoms with E-state index in [1.165, 1.54) is 21.5 Å². The van der Waals surface area contributed by atoms with Gasteiger partial charge in [-0.05, 0) is 55.4 Å². The zero-order valence-corrected chi connectivity index (χ0v) is 20.9. The maximum atomic E-state index is 13.5. The van der Waals surface area contributed by atoms with E-state index in [2.05, 4.69) is 17.4 Å².